The van der Waals surface area contributed by atoms with Gasteiger partial charge in [-0.1, -0.05) is 13.3 Å². The van der Waals surface area contributed by atoms with E-state index in [-0.39, 0.29) is 12.5 Å². The molecule has 0 aromatic heterocycles. The van der Waals surface area contributed by atoms with Gasteiger partial charge in [0.2, 0.25) is 10.0 Å². The van der Waals surface area contributed by atoms with Gasteiger partial charge in [-0.15, -0.1) is 0 Å². The molecule has 0 heterocycles. The van der Waals surface area contributed by atoms with Crippen molar-refractivity contribution in [2.45, 2.75) is 64.8 Å². The van der Waals surface area contributed by atoms with Gasteiger partial charge in [-0.05, 0) is 39.5 Å². The summed E-state index contributed by atoms with van der Waals surface area (Å²) in [6.45, 7) is 6.29. The van der Waals surface area contributed by atoms with Crippen LogP contribution in [0.2, 0.25) is 0 Å². The van der Waals surface area contributed by atoms with Crippen LogP contribution < -0.4 is 4.72 Å². The molecule has 2 atom stereocenters. The number of ether oxygens (including phenoxy) is 1. The predicted molar refractivity (Wildman–Crippen MR) is 76.5 cm³/mol. The lowest BCUT2D eigenvalue weighted by molar-refractivity contribution is -0.217. The highest BCUT2D eigenvalue weighted by Crippen LogP contribution is 2.26. The minimum atomic E-state index is -4.38. The fourth-order valence-corrected chi connectivity index (χ4v) is 3.38. The van der Waals surface area contributed by atoms with Crippen molar-refractivity contribution in [1.29, 1.82) is 0 Å². The summed E-state index contributed by atoms with van der Waals surface area (Å²) in [5.74, 6) is -0.135. The van der Waals surface area contributed by atoms with Gasteiger partial charge in [0, 0.05) is 5.54 Å². The Morgan fingerprint density at radius 1 is 1.24 bits per heavy atom. The van der Waals surface area contributed by atoms with E-state index in [2.05, 4.69) is 4.72 Å². The summed E-state index contributed by atoms with van der Waals surface area (Å²) in [6.07, 6.45) is -3.24. The largest absolute Gasteiger partial charge is 0.414 e. The van der Waals surface area contributed by atoms with Gasteiger partial charge < -0.3 is 4.74 Å². The highest BCUT2D eigenvalue weighted by Gasteiger charge is 2.37. The Morgan fingerprint density at radius 3 is 2.14 bits per heavy atom. The topological polar surface area (TPSA) is 55.4 Å². The van der Waals surface area contributed by atoms with E-state index in [1.807, 2.05) is 6.92 Å². The molecule has 4 nitrogen and oxygen atoms in total. The molecule has 1 N–H and O–H groups in total. The summed E-state index contributed by atoms with van der Waals surface area (Å²) in [5.41, 5.74) is -0.724. The minimum absolute atomic E-state index is 0.0383. The minimum Gasteiger partial charge on any atom is -0.369 e. The molecule has 0 spiro atoms. The maximum absolute atomic E-state index is 12.4. The van der Waals surface area contributed by atoms with Crippen LogP contribution in [0.25, 0.3) is 0 Å². The van der Waals surface area contributed by atoms with Crippen molar-refractivity contribution in [1.82, 2.24) is 4.72 Å². The quantitative estimate of drug-likeness (QED) is 0.705. The van der Waals surface area contributed by atoms with Crippen LogP contribution in [0, 0.1) is 5.92 Å². The third-order valence-electron chi connectivity index (χ3n) is 3.00. The fraction of sp³-hybridized carbons (Fsp3) is 1.00. The van der Waals surface area contributed by atoms with E-state index in [1.165, 1.54) is 0 Å². The highest BCUT2D eigenvalue weighted by atomic mass is 32.2. The normalized spacial score (nSPS) is 16.8. The SMILES string of the molecule is CCCC(COC(C)C(F)(F)F)CC(C)(C)NS(C)(=O)=O. The second-order valence-corrected chi connectivity index (χ2v) is 7.88. The lowest BCUT2D eigenvalue weighted by Crippen LogP contribution is -2.44. The maximum atomic E-state index is 12.4. The third-order valence-corrected chi connectivity index (χ3v) is 3.92. The van der Waals surface area contributed by atoms with Crippen LogP contribution in [0.15, 0.2) is 0 Å². The molecule has 0 fully saturated rings. The maximum Gasteiger partial charge on any atom is 0.414 e. The summed E-state index contributed by atoms with van der Waals surface area (Å²) in [5, 5.41) is 0. The van der Waals surface area contributed by atoms with Gasteiger partial charge >= 0.3 is 6.18 Å². The Kier molecular flexibility index (Phi) is 7.66. The average Bonchev–Trinajstić information content (AvgIpc) is 2.20. The third kappa shape index (κ3) is 10.1. The molecule has 0 aliphatic rings. The summed E-state index contributed by atoms with van der Waals surface area (Å²) in [7, 11) is -3.37. The van der Waals surface area contributed by atoms with Crippen LogP contribution in [0.1, 0.15) is 47.0 Å². The average molecular weight is 333 g/mol. The molecule has 0 radical (unpaired) electrons. The van der Waals surface area contributed by atoms with Gasteiger partial charge in [-0.25, -0.2) is 13.1 Å². The Hall–Kier alpha value is -0.340. The van der Waals surface area contributed by atoms with Crippen molar-refractivity contribution in [3.63, 3.8) is 0 Å². The molecule has 0 aromatic carbocycles. The number of sulfonamides is 1. The first kappa shape index (κ1) is 20.7. The Bertz CT molecular complexity index is 407. The van der Waals surface area contributed by atoms with Crippen molar-refractivity contribution in [3.8, 4) is 0 Å². The Morgan fingerprint density at radius 2 is 1.76 bits per heavy atom. The smallest absolute Gasteiger partial charge is 0.369 e. The van der Waals surface area contributed by atoms with E-state index in [9.17, 15) is 21.6 Å². The molecule has 0 amide bonds. The van der Waals surface area contributed by atoms with E-state index < -0.39 is 27.8 Å². The van der Waals surface area contributed by atoms with Gasteiger partial charge in [-0.3, -0.25) is 0 Å². The second kappa shape index (κ2) is 7.78. The second-order valence-electron chi connectivity index (χ2n) is 6.13. The first-order chi connectivity index (χ1) is 9.27. The van der Waals surface area contributed by atoms with Crippen LogP contribution in [-0.2, 0) is 14.8 Å². The molecular weight excluding hydrogens is 307 g/mol. The number of nitrogens with one attached hydrogen (secondary N) is 1. The Balaban J connectivity index is 4.62. The lowest BCUT2D eigenvalue weighted by atomic mass is 9.89. The van der Waals surface area contributed by atoms with E-state index in [4.69, 9.17) is 4.74 Å². The molecular formula is C13H26F3NO3S. The van der Waals surface area contributed by atoms with E-state index >= 15 is 0 Å². The van der Waals surface area contributed by atoms with Crippen LogP contribution in [0.5, 0.6) is 0 Å². The molecule has 8 heteroatoms. The molecule has 0 aliphatic heterocycles. The summed E-state index contributed by atoms with van der Waals surface area (Å²) >= 11 is 0. The summed E-state index contributed by atoms with van der Waals surface area (Å²) < 4.78 is 67.3. The van der Waals surface area contributed by atoms with Crippen molar-refractivity contribution in [2.75, 3.05) is 12.9 Å². The van der Waals surface area contributed by atoms with Gasteiger partial charge in [-0.2, -0.15) is 13.2 Å². The van der Waals surface area contributed by atoms with E-state index in [1.54, 1.807) is 13.8 Å². The highest BCUT2D eigenvalue weighted by molar-refractivity contribution is 7.88. The molecule has 0 aromatic rings. The zero-order valence-corrected chi connectivity index (χ0v) is 14.1. The monoisotopic (exact) mass is 333 g/mol. The summed E-state index contributed by atoms with van der Waals surface area (Å²) in [6, 6.07) is 0. The van der Waals surface area contributed by atoms with Crippen molar-refractivity contribution in [3.05, 3.63) is 0 Å². The zero-order chi connectivity index (χ0) is 16.9. The van der Waals surface area contributed by atoms with Crippen molar-refractivity contribution in [2.24, 2.45) is 5.92 Å². The summed E-state index contributed by atoms with van der Waals surface area (Å²) in [4.78, 5) is 0. The zero-order valence-electron chi connectivity index (χ0n) is 13.3. The predicted octanol–water partition coefficient (Wildman–Crippen LogP) is 3.09. The van der Waals surface area contributed by atoms with Crippen molar-refractivity contribution < 1.29 is 26.3 Å². The van der Waals surface area contributed by atoms with E-state index in [0.29, 0.717) is 12.8 Å². The molecule has 0 aliphatic carbocycles. The first-order valence-electron chi connectivity index (χ1n) is 6.94. The molecule has 0 rings (SSSR count). The molecule has 128 valence electrons. The molecule has 0 saturated heterocycles. The van der Waals surface area contributed by atoms with Crippen LogP contribution in [0.4, 0.5) is 13.2 Å². The van der Waals surface area contributed by atoms with E-state index in [0.717, 1.165) is 19.6 Å². The molecule has 21 heavy (non-hydrogen) atoms. The standard InChI is InChI=1S/C13H26F3NO3S/c1-6-7-11(9-20-10(2)13(14,15)16)8-12(3,4)17-21(5,18)19/h10-11,17H,6-9H2,1-5H3. The number of rotatable bonds is 9. The van der Waals surface area contributed by atoms with Gasteiger partial charge in [0.1, 0.15) is 0 Å². The first-order valence-corrected chi connectivity index (χ1v) is 8.83. The molecule has 0 bridgehead atoms. The number of halogens is 3. The van der Waals surface area contributed by atoms with Crippen LogP contribution in [-0.4, -0.2) is 39.1 Å². The van der Waals surface area contributed by atoms with Gasteiger partial charge in [0.05, 0.1) is 12.9 Å². The van der Waals surface area contributed by atoms with Crippen LogP contribution >= 0.6 is 0 Å². The van der Waals surface area contributed by atoms with Crippen LogP contribution in [0.3, 0.4) is 0 Å². The fourth-order valence-electron chi connectivity index (χ4n) is 2.29. The van der Waals surface area contributed by atoms with Crippen molar-refractivity contribution >= 4 is 10.0 Å². The molecule has 2 unspecified atom stereocenters. The Labute approximate surface area is 125 Å². The van der Waals surface area contributed by atoms with Gasteiger partial charge in [0.25, 0.3) is 0 Å². The van der Waals surface area contributed by atoms with Gasteiger partial charge in [0.15, 0.2) is 6.10 Å². The number of hydrogen-bond acceptors (Lipinski definition) is 3. The molecule has 0 saturated carbocycles. The lowest BCUT2D eigenvalue weighted by Gasteiger charge is -2.30. The number of hydrogen-bond donors (Lipinski definition) is 1. The number of alkyl halides is 3.